The fourth-order valence-electron chi connectivity index (χ4n) is 2.63. The van der Waals surface area contributed by atoms with Gasteiger partial charge >= 0.3 is 0 Å². The van der Waals surface area contributed by atoms with Crippen molar-refractivity contribution < 1.29 is 8.42 Å². The van der Waals surface area contributed by atoms with Crippen LogP contribution in [-0.2, 0) is 10.0 Å². The molecule has 0 aromatic carbocycles. The van der Waals surface area contributed by atoms with E-state index in [0.29, 0.717) is 29.4 Å². The van der Waals surface area contributed by atoms with Gasteiger partial charge in [0.15, 0.2) is 0 Å². The third-order valence-corrected chi connectivity index (χ3v) is 5.98. The first kappa shape index (κ1) is 15.5. The average molecular weight is 300 g/mol. The van der Waals surface area contributed by atoms with Crippen LogP contribution in [0.25, 0.3) is 0 Å². The maximum absolute atomic E-state index is 12.7. The van der Waals surface area contributed by atoms with Gasteiger partial charge in [-0.3, -0.25) is 5.10 Å². The van der Waals surface area contributed by atoms with Gasteiger partial charge in [0.2, 0.25) is 10.0 Å². The number of H-pyrrole nitrogens is 1. The van der Waals surface area contributed by atoms with Crippen LogP contribution in [0.3, 0.4) is 0 Å². The van der Waals surface area contributed by atoms with E-state index in [2.05, 4.69) is 22.0 Å². The minimum Gasteiger partial charge on any atom is -0.301 e. The highest BCUT2D eigenvalue weighted by atomic mass is 32.2. The first-order chi connectivity index (χ1) is 9.46. The van der Waals surface area contributed by atoms with Crippen LogP contribution in [0.1, 0.15) is 31.2 Å². The number of piperazine rings is 1. The topological polar surface area (TPSA) is 69.3 Å². The van der Waals surface area contributed by atoms with E-state index in [9.17, 15) is 8.42 Å². The van der Waals surface area contributed by atoms with Crippen molar-refractivity contribution in [2.45, 2.75) is 38.5 Å². The van der Waals surface area contributed by atoms with Gasteiger partial charge in [-0.25, -0.2) is 8.42 Å². The lowest BCUT2D eigenvalue weighted by Gasteiger charge is -2.33. The monoisotopic (exact) mass is 300 g/mol. The van der Waals surface area contributed by atoms with Gasteiger partial charge in [-0.2, -0.15) is 9.40 Å². The molecule has 2 rings (SSSR count). The molecule has 1 aromatic heterocycles. The van der Waals surface area contributed by atoms with Crippen molar-refractivity contribution in [3.63, 3.8) is 0 Å². The fourth-order valence-corrected chi connectivity index (χ4v) is 4.38. The Hall–Kier alpha value is -0.920. The van der Waals surface area contributed by atoms with Gasteiger partial charge in [0.05, 0.1) is 11.4 Å². The van der Waals surface area contributed by atoms with Gasteiger partial charge in [-0.05, 0) is 26.8 Å². The van der Waals surface area contributed by atoms with Crippen LogP contribution in [0.15, 0.2) is 4.90 Å². The summed E-state index contributed by atoms with van der Waals surface area (Å²) in [5, 5.41) is 6.74. The molecular weight excluding hydrogens is 276 g/mol. The summed E-state index contributed by atoms with van der Waals surface area (Å²) in [4.78, 5) is 2.68. The molecule has 2 heterocycles. The molecule has 1 aromatic rings. The lowest BCUT2D eigenvalue weighted by Crippen LogP contribution is -2.48. The van der Waals surface area contributed by atoms with Crippen molar-refractivity contribution in [1.82, 2.24) is 19.4 Å². The maximum Gasteiger partial charge on any atom is 0.246 e. The second kappa shape index (κ2) is 6.24. The van der Waals surface area contributed by atoms with Crippen molar-refractivity contribution in [1.29, 1.82) is 0 Å². The van der Waals surface area contributed by atoms with E-state index in [4.69, 9.17) is 0 Å². The highest BCUT2D eigenvalue weighted by molar-refractivity contribution is 7.89. The highest BCUT2D eigenvalue weighted by Crippen LogP contribution is 2.22. The zero-order valence-electron chi connectivity index (χ0n) is 12.5. The predicted molar refractivity (Wildman–Crippen MR) is 78.2 cm³/mol. The largest absolute Gasteiger partial charge is 0.301 e. The normalized spacial score (nSPS) is 18.6. The Kier molecular flexibility index (Phi) is 4.82. The average Bonchev–Trinajstić information content (AvgIpc) is 2.77. The first-order valence-electron chi connectivity index (χ1n) is 7.21. The molecule has 0 amide bonds. The number of nitrogens with one attached hydrogen (secondary N) is 1. The molecule has 0 bridgehead atoms. The molecule has 0 atom stereocenters. The highest BCUT2D eigenvalue weighted by Gasteiger charge is 2.31. The Morgan fingerprint density at radius 1 is 1.20 bits per heavy atom. The molecule has 114 valence electrons. The zero-order valence-corrected chi connectivity index (χ0v) is 13.3. The zero-order chi connectivity index (χ0) is 14.8. The summed E-state index contributed by atoms with van der Waals surface area (Å²) >= 11 is 0. The SMILES string of the molecule is CCCCN1CCN(S(=O)(=O)c2c(C)n[nH]c2C)CC1. The number of sulfonamides is 1. The lowest BCUT2D eigenvalue weighted by molar-refractivity contribution is 0.186. The Labute approximate surface area is 121 Å². The molecular formula is C13H24N4O2S. The second-order valence-electron chi connectivity index (χ2n) is 5.36. The molecule has 1 saturated heterocycles. The number of nitrogens with zero attached hydrogens (tertiary/aromatic N) is 3. The Morgan fingerprint density at radius 2 is 1.85 bits per heavy atom. The predicted octanol–water partition coefficient (Wildman–Crippen LogP) is 1.13. The summed E-state index contributed by atoms with van der Waals surface area (Å²) in [6.07, 6.45) is 2.35. The van der Waals surface area contributed by atoms with Crippen LogP contribution in [0.4, 0.5) is 0 Å². The van der Waals surface area contributed by atoms with Crippen molar-refractivity contribution >= 4 is 10.0 Å². The van der Waals surface area contributed by atoms with Gasteiger partial charge in [-0.1, -0.05) is 13.3 Å². The molecule has 0 unspecified atom stereocenters. The van der Waals surface area contributed by atoms with Crippen LogP contribution in [0, 0.1) is 13.8 Å². The Morgan fingerprint density at radius 3 is 2.35 bits per heavy atom. The van der Waals surface area contributed by atoms with Gasteiger partial charge < -0.3 is 4.90 Å². The van der Waals surface area contributed by atoms with Gasteiger partial charge in [0, 0.05) is 26.2 Å². The molecule has 6 nitrogen and oxygen atoms in total. The van der Waals surface area contributed by atoms with E-state index < -0.39 is 10.0 Å². The number of aryl methyl sites for hydroxylation is 2. The number of rotatable bonds is 5. The van der Waals surface area contributed by atoms with E-state index in [0.717, 1.165) is 19.6 Å². The molecule has 1 fully saturated rings. The van der Waals surface area contributed by atoms with Crippen LogP contribution >= 0.6 is 0 Å². The fraction of sp³-hybridized carbons (Fsp3) is 0.769. The van der Waals surface area contributed by atoms with Crippen LogP contribution in [0.5, 0.6) is 0 Å². The molecule has 1 N–H and O–H groups in total. The molecule has 0 spiro atoms. The summed E-state index contributed by atoms with van der Waals surface area (Å²) in [5.74, 6) is 0. The van der Waals surface area contributed by atoms with Crippen LogP contribution in [0.2, 0.25) is 0 Å². The van der Waals surface area contributed by atoms with Crippen LogP contribution in [-0.4, -0.2) is 60.5 Å². The summed E-state index contributed by atoms with van der Waals surface area (Å²) in [6, 6.07) is 0. The number of hydrogen-bond donors (Lipinski definition) is 1. The minimum absolute atomic E-state index is 0.347. The van der Waals surface area contributed by atoms with Crippen molar-refractivity contribution in [2.24, 2.45) is 0 Å². The summed E-state index contributed by atoms with van der Waals surface area (Å²) in [7, 11) is -3.41. The van der Waals surface area contributed by atoms with Crippen molar-refractivity contribution in [3.05, 3.63) is 11.4 Å². The molecule has 1 aliphatic heterocycles. The van der Waals surface area contributed by atoms with E-state index >= 15 is 0 Å². The molecule has 1 aliphatic rings. The van der Waals surface area contributed by atoms with Crippen LogP contribution < -0.4 is 0 Å². The molecule has 20 heavy (non-hydrogen) atoms. The van der Waals surface area contributed by atoms with E-state index in [1.54, 1.807) is 18.2 Å². The van der Waals surface area contributed by atoms with Crippen molar-refractivity contribution in [2.75, 3.05) is 32.7 Å². The third kappa shape index (κ3) is 3.05. The molecule has 0 radical (unpaired) electrons. The number of aromatic nitrogens is 2. The molecule has 7 heteroatoms. The number of unbranched alkanes of at least 4 members (excludes halogenated alkanes) is 1. The minimum atomic E-state index is -3.41. The smallest absolute Gasteiger partial charge is 0.246 e. The van der Waals surface area contributed by atoms with Gasteiger partial charge in [-0.15, -0.1) is 0 Å². The summed E-state index contributed by atoms with van der Waals surface area (Å²) < 4.78 is 26.9. The Balaban J connectivity index is 2.06. The maximum atomic E-state index is 12.7. The van der Waals surface area contributed by atoms with E-state index in [1.807, 2.05) is 0 Å². The lowest BCUT2D eigenvalue weighted by atomic mass is 10.3. The molecule has 0 saturated carbocycles. The second-order valence-corrected chi connectivity index (χ2v) is 7.24. The summed E-state index contributed by atoms with van der Waals surface area (Å²) in [6.45, 7) is 9.48. The number of hydrogen-bond acceptors (Lipinski definition) is 4. The standard InChI is InChI=1S/C13H24N4O2S/c1-4-5-6-16-7-9-17(10-8-16)20(18,19)13-11(2)14-15-12(13)3/h4-10H2,1-3H3,(H,14,15). The number of aromatic amines is 1. The first-order valence-corrected chi connectivity index (χ1v) is 8.65. The Bertz CT molecular complexity index is 525. The summed E-state index contributed by atoms with van der Waals surface area (Å²) in [5.41, 5.74) is 1.17. The quantitative estimate of drug-likeness (QED) is 0.885. The van der Waals surface area contributed by atoms with E-state index in [-0.39, 0.29) is 0 Å². The van der Waals surface area contributed by atoms with Gasteiger partial charge in [0.25, 0.3) is 0 Å². The third-order valence-electron chi connectivity index (χ3n) is 3.82. The van der Waals surface area contributed by atoms with E-state index in [1.165, 1.54) is 12.8 Å². The molecule has 0 aliphatic carbocycles. The van der Waals surface area contributed by atoms with Crippen molar-refractivity contribution in [3.8, 4) is 0 Å². The van der Waals surface area contributed by atoms with Gasteiger partial charge in [0.1, 0.15) is 4.90 Å².